The second-order valence-electron chi connectivity index (χ2n) is 8.32. The summed E-state index contributed by atoms with van der Waals surface area (Å²) in [4.78, 5) is 13.6. The molecule has 5 rings (SSSR count). The van der Waals surface area contributed by atoms with Crippen molar-refractivity contribution in [1.82, 2.24) is 0 Å². The van der Waals surface area contributed by atoms with Gasteiger partial charge in [0.25, 0.3) is 0 Å². The van der Waals surface area contributed by atoms with Crippen LogP contribution in [0.25, 0.3) is 0 Å². The highest BCUT2D eigenvalue weighted by Gasteiger charge is 2.36. The van der Waals surface area contributed by atoms with Gasteiger partial charge in [-0.2, -0.15) is 0 Å². The Kier molecular flexibility index (Phi) is 4.99. The third kappa shape index (κ3) is 3.59. The molecule has 0 fully saturated rings. The Labute approximate surface area is 183 Å². The third-order valence-electron chi connectivity index (χ3n) is 6.31. The number of hydrogen-bond donors (Lipinski definition) is 2. The molecule has 4 heteroatoms. The lowest BCUT2D eigenvalue weighted by molar-refractivity contribution is -0.116. The molecule has 3 aromatic carbocycles. The predicted molar refractivity (Wildman–Crippen MR) is 125 cm³/mol. The summed E-state index contributed by atoms with van der Waals surface area (Å²) in [5.74, 6) is 1.12. The number of ketones is 1. The monoisotopic (exact) mass is 410 g/mol. The molecule has 1 aliphatic heterocycles. The van der Waals surface area contributed by atoms with Gasteiger partial charge >= 0.3 is 0 Å². The summed E-state index contributed by atoms with van der Waals surface area (Å²) in [5, 5.41) is 7.22. The van der Waals surface area contributed by atoms with Crippen molar-refractivity contribution in [3.63, 3.8) is 0 Å². The lowest BCUT2D eigenvalue weighted by Gasteiger charge is -2.30. The van der Waals surface area contributed by atoms with Crippen molar-refractivity contribution in [1.29, 1.82) is 0 Å². The highest BCUT2D eigenvalue weighted by atomic mass is 16.5. The molecule has 0 amide bonds. The zero-order valence-electron chi connectivity index (χ0n) is 17.8. The summed E-state index contributed by atoms with van der Waals surface area (Å²) < 4.78 is 5.65. The lowest BCUT2D eigenvalue weighted by atomic mass is 9.78. The van der Waals surface area contributed by atoms with E-state index in [-0.39, 0.29) is 17.7 Å². The number of fused-ring (bicyclic) bond motifs is 1. The Balaban J connectivity index is 1.62. The largest absolute Gasteiger partial charge is 0.496 e. The van der Waals surface area contributed by atoms with Crippen molar-refractivity contribution in [2.45, 2.75) is 31.7 Å². The van der Waals surface area contributed by atoms with Gasteiger partial charge in [0.15, 0.2) is 5.78 Å². The van der Waals surface area contributed by atoms with E-state index in [4.69, 9.17) is 4.74 Å². The zero-order valence-corrected chi connectivity index (χ0v) is 17.8. The fourth-order valence-electron chi connectivity index (χ4n) is 4.70. The van der Waals surface area contributed by atoms with Gasteiger partial charge in [0.05, 0.1) is 24.5 Å². The van der Waals surface area contributed by atoms with Gasteiger partial charge < -0.3 is 15.4 Å². The van der Waals surface area contributed by atoms with E-state index in [1.165, 1.54) is 11.1 Å². The van der Waals surface area contributed by atoms with Crippen molar-refractivity contribution in [2.75, 3.05) is 17.7 Å². The Morgan fingerprint density at radius 3 is 2.35 bits per heavy atom. The van der Waals surface area contributed by atoms with Crippen LogP contribution in [0.1, 0.15) is 41.5 Å². The maximum atomic E-state index is 13.6. The van der Waals surface area contributed by atoms with E-state index in [2.05, 4.69) is 47.9 Å². The number of aryl methyl sites for hydroxylation is 1. The van der Waals surface area contributed by atoms with Crippen molar-refractivity contribution in [3.8, 4) is 5.75 Å². The summed E-state index contributed by atoms with van der Waals surface area (Å²) in [6.45, 7) is 2.09. The van der Waals surface area contributed by atoms with Crippen LogP contribution in [0, 0.1) is 6.92 Å². The third-order valence-corrected chi connectivity index (χ3v) is 6.31. The van der Waals surface area contributed by atoms with Crippen LogP contribution in [0.5, 0.6) is 5.75 Å². The molecule has 0 unspecified atom stereocenters. The SMILES string of the molecule is COc1ccccc1[C@@H]1Nc2ccccc2NC2=C1C(=O)C[C@@H](c1ccc(C)cc1)C2. The van der Waals surface area contributed by atoms with Gasteiger partial charge in [-0.15, -0.1) is 0 Å². The van der Waals surface area contributed by atoms with E-state index in [1.54, 1.807) is 7.11 Å². The van der Waals surface area contributed by atoms with Crippen molar-refractivity contribution >= 4 is 17.2 Å². The molecule has 1 aliphatic carbocycles. The normalized spacial score (nSPS) is 20.1. The molecular formula is C27H26N2O2. The highest BCUT2D eigenvalue weighted by molar-refractivity contribution is 6.01. The van der Waals surface area contributed by atoms with Gasteiger partial charge in [-0.3, -0.25) is 4.79 Å². The molecule has 2 aliphatic rings. The number of benzene rings is 3. The van der Waals surface area contributed by atoms with Crippen LogP contribution in [-0.4, -0.2) is 12.9 Å². The Bertz CT molecular complexity index is 1160. The number of Topliss-reactive ketones (excluding diaryl/α,β-unsaturated/α-hetero) is 1. The molecule has 3 aromatic rings. The van der Waals surface area contributed by atoms with E-state index in [1.807, 2.05) is 42.5 Å². The number of carbonyl (C=O) groups is 1. The minimum Gasteiger partial charge on any atom is -0.496 e. The number of ether oxygens (including phenoxy) is 1. The Morgan fingerprint density at radius 2 is 1.58 bits per heavy atom. The zero-order chi connectivity index (χ0) is 21.4. The average molecular weight is 411 g/mol. The lowest BCUT2D eigenvalue weighted by Crippen LogP contribution is -2.27. The number of carbonyl (C=O) groups excluding carboxylic acids is 1. The number of hydrogen-bond acceptors (Lipinski definition) is 4. The first kappa shape index (κ1) is 19.4. The fourth-order valence-corrected chi connectivity index (χ4v) is 4.70. The number of para-hydroxylation sites is 3. The molecule has 1 heterocycles. The Morgan fingerprint density at radius 1 is 0.871 bits per heavy atom. The van der Waals surface area contributed by atoms with Crippen LogP contribution in [-0.2, 0) is 4.79 Å². The van der Waals surface area contributed by atoms with E-state index in [0.29, 0.717) is 6.42 Å². The quantitative estimate of drug-likeness (QED) is 0.557. The van der Waals surface area contributed by atoms with E-state index in [0.717, 1.165) is 40.4 Å². The summed E-state index contributed by atoms with van der Waals surface area (Å²) >= 11 is 0. The first-order chi connectivity index (χ1) is 15.1. The van der Waals surface area contributed by atoms with Gasteiger partial charge in [-0.25, -0.2) is 0 Å². The van der Waals surface area contributed by atoms with Crippen LogP contribution in [0.2, 0.25) is 0 Å². The molecule has 0 saturated heterocycles. The maximum Gasteiger partial charge on any atom is 0.163 e. The summed E-state index contributed by atoms with van der Waals surface area (Å²) in [5.41, 5.74) is 7.19. The topological polar surface area (TPSA) is 50.4 Å². The molecule has 0 bridgehead atoms. The number of methoxy groups -OCH3 is 1. The average Bonchev–Trinajstić information content (AvgIpc) is 2.96. The van der Waals surface area contributed by atoms with Crippen molar-refractivity contribution in [3.05, 3.63) is 101 Å². The minimum atomic E-state index is -0.270. The van der Waals surface area contributed by atoms with E-state index < -0.39 is 0 Å². The van der Waals surface area contributed by atoms with Gasteiger partial charge in [0, 0.05) is 23.3 Å². The highest BCUT2D eigenvalue weighted by Crippen LogP contribution is 2.45. The van der Waals surface area contributed by atoms with E-state index >= 15 is 0 Å². The van der Waals surface area contributed by atoms with Gasteiger partial charge in [0.1, 0.15) is 5.75 Å². The molecule has 2 N–H and O–H groups in total. The maximum absolute atomic E-state index is 13.6. The second kappa shape index (κ2) is 7.95. The first-order valence-electron chi connectivity index (χ1n) is 10.7. The summed E-state index contributed by atoms with van der Waals surface area (Å²) in [6.07, 6.45) is 1.30. The van der Waals surface area contributed by atoms with E-state index in [9.17, 15) is 4.79 Å². The van der Waals surface area contributed by atoms with Crippen LogP contribution in [0.15, 0.2) is 84.1 Å². The molecule has 0 radical (unpaired) electrons. The van der Waals surface area contributed by atoms with Crippen LogP contribution >= 0.6 is 0 Å². The van der Waals surface area contributed by atoms with Gasteiger partial charge in [0.2, 0.25) is 0 Å². The van der Waals surface area contributed by atoms with Crippen LogP contribution in [0.3, 0.4) is 0 Å². The molecular weight excluding hydrogens is 384 g/mol. The van der Waals surface area contributed by atoms with Gasteiger partial charge in [-0.05, 0) is 43.0 Å². The molecule has 156 valence electrons. The van der Waals surface area contributed by atoms with Crippen molar-refractivity contribution < 1.29 is 9.53 Å². The first-order valence-corrected chi connectivity index (χ1v) is 10.7. The fraction of sp³-hybridized carbons (Fsp3) is 0.222. The minimum absolute atomic E-state index is 0.169. The number of nitrogens with one attached hydrogen (secondary N) is 2. The smallest absolute Gasteiger partial charge is 0.163 e. The standard InChI is InChI=1S/C27H26N2O2/c1-17-11-13-18(14-12-17)19-15-23-26(24(30)16-19)27(20-7-3-6-10-25(20)31-2)29-22-9-5-4-8-21(22)28-23/h3-14,19,27-29H,15-16H2,1-2H3/t19-,27-/m0/s1. The number of anilines is 2. The predicted octanol–water partition coefficient (Wildman–Crippen LogP) is 5.98. The molecule has 2 atom stereocenters. The number of rotatable bonds is 3. The molecule has 0 aromatic heterocycles. The molecule has 4 nitrogen and oxygen atoms in total. The Hall–Kier alpha value is -3.53. The summed E-state index contributed by atoms with van der Waals surface area (Å²) in [6, 6.07) is 24.3. The van der Waals surface area contributed by atoms with Crippen LogP contribution in [0.4, 0.5) is 11.4 Å². The molecule has 0 saturated carbocycles. The van der Waals surface area contributed by atoms with Crippen molar-refractivity contribution in [2.24, 2.45) is 0 Å². The molecule has 31 heavy (non-hydrogen) atoms. The molecule has 0 spiro atoms. The van der Waals surface area contributed by atoms with Crippen LogP contribution < -0.4 is 15.4 Å². The summed E-state index contributed by atoms with van der Waals surface area (Å²) in [7, 11) is 1.67. The second-order valence-corrected chi connectivity index (χ2v) is 8.32. The number of allylic oxidation sites excluding steroid dienone is 1. The van der Waals surface area contributed by atoms with Gasteiger partial charge in [-0.1, -0.05) is 60.2 Å².